The van der Waals surface area contributed by atoms with Gasteiger partial charge in [0, 0.05) is 65.7 Å². The molecule has 0 unspecified atom stereocenters. The standard InChI is InChI=1S/C28H42N4O6.2Rb.H2/c1-21(29-3)18-25(34)19-23-10-12-24(13-11-23)32-28(37)20-27(36)31-15-17-38-16-7-9-26(35)30-14-6-4-5-8-22(2)33;;;/h10-13,18H,4-9,14-17,19-20H2,1-3H3,(H4,29,30,31,32,34,35,36,37);;;1H/q;2*+1;/p-2. The number of Topliss-reactive ketones (excluding diaryl/α,β-unsaturated/α-hetero) is 1. The van der Waals surface area contributed by atoms with Crippen molar-refractivity contribution in [1.82, 2.24) is 10.6 Å². The van der Waals surface area contributed by atoms with E-state index in [0.717, 1.165) is 30.5 Å². The molecule has 2 N–H and O–H groups in total. The molecule has 0 heterocycles. The van der Waals surface area contributed by atoms with E-state index >= 15 is 0 Å². The average molecular weight is 702 g/mol. The quantitative estimate of drug-likeness (QED) is 0.0915. The molecule has 0 saturated carbocycles. The van der Waals surface area contributed by atoms with E-state index < -0.39 is 18.2 Å². The Balaban J connectivity index is -0.00000481. The number of hydrogen-bond acceptors (Lipinski definition) is 7. The summed E-state index contributed by atoms with van der Waals surface area (Å²) in [7, 11) is 1.74. The maximum Gasteiger partial charge on any atom is 1.00 e. The second-order valence-corrected chi connectivity index (χ2v) is 8.92. The van der Waals surface area contributed by atoms with Crippen LogP contribution in [-0.2, 0) is 35.1 Å². The Kier molecular flexibility index (Phi) is 28.2. The van der Waals surface area contributed by atoms with E-state index in [2.05, 4.69) is 21.3 Å². The Morgan fingerprint density at radius 3 is 2.25 bits per heavy atom. The topological polar surface area (TPSA) is 147 Å². The van der Waals surface area contributed by atoms with Gasteiger partial charge in [-0.2, -0.15) is 0 Å². The van der Waals surface area contributed by atoms with Crippen molar-refractivity contribution in [3.05, 3.63) is 52.2 Å². The van der Waals surface area contributed by atoms with Crippen LogP contribution in [0.25, 0.3) is 10.6 Å². The van der Waals surface area contributed by atoms with Gasteiger partial charge >= 0.3 is 116 Å². The van der Waals surface area contributed by atoms with E-state index in [9.17, 15) is 24.0 Å². The molecule has 0 fully saturated rings. The smallest absolute Gasteiger partial charge is 0.651 e. The Hall–Kier alpha value is 0.0804. The zero-order valence-corrected chi connectivity index (χ0v) is 34.5. The van der Waals surface area contributed by atoms with Crippen molar-refractivity contribution in [3.63, 3.8) is 0 Å². The van der Waals surface area contributed by atoms with E-state index in [0.29, 0.717) is 38.1 Å². The van der Waals surface area contributed by atoms with Gasteiger partial charge in [-0.25, -0.2) is 0 Å². The number of carbonyl (C=O) groups excluding carboxylic acids is 5. The van der Waals surface area contributed by atoms with Crippen LogP contribution in [0.1, 0.15) is 65.8 Å². The fourth-order valence-corrected chi connectivity index (χ4v) is 3.29. The molecule has 0 saturated heterocycles. The number of benzene rings is 1. The van der Waals surface area contributed by atoms with Crippen LogP contribution < -0.4 is 127 Å². The van der Waals surface area contributed by atoms with Crippen LogP contribution >= 0.6 is 0 Å². The third kappa shape index (κ3) is 23.6. The zero-order valence-electron chi connectivity index (χ0n) is 24.7. The summed E-state index contributed by atoms with van der Waals surface area (Å²) in [4.78, 5) is 58.5. The van der Waals surface area contributed by atoms with Gasteiger partial charge in [0.25, 0.3) is 0 Å². The minimum atomic E-state index is -0.596. The van der Waals surface area contributed by atoms with Gasteiger partial charge in [0.05, 0.1) is 11.8 Å². The van der Waals surface area contributed by atoms with E-state index in [1.165, 1.54) is 6.08 Å². The summed E-state index contributed by atoms with van der Waals surface area (Å²) in [5.41, 5.74) is 1.98. The molecule has 212 valence electrons. The van der Waals surface area contributed by atoms with Crippen LogP contribution in [0.2, 0.25) is 0 Å². The average Bonchev–Trinajstić information content (AvgIpc) is 2.86. The van der Waals surface area contributed by atoms with Crippen molar-refractivity contribution in [2.75, 3.05) is 33.4 Å². The molecule has 0 radical (unpaired) electrons. The zero-order chi connectivity index (χ0) is 28.2. The predicted octanol–water partition coefficient (Wildman–Crippen LogP) is -1.94. The predicted molar refractivity (Wildman–Crippen MR) is 148 cm³/mol. The van der Waals surface area contributed by atoms with Crippen molar-refractivity contribution < 1.29 is 147 Å². The summed E-state index contributed by atoms with van der Waals surface area (Å²) in [5, 5.41) is 13.4. The van der Waals surface area contributed by atoms with Gasteiger partial charge in [-0.05, 0) is 38.7 Å². The van der Waals surface area contributed by atoms with E-state index in [4.69, 9.17) is 4.74 Å². The Morgan fingerprint density at radius 1 is 0.900 bits per heavy atom. The molecule has 0 spiro atoms. The number of carbonyl (C=O) groups is 5. The first-order valence-electron chi connectivity index (χ1n) is 13.0. The number of hydrogen-bond donors (Lipinski definition) is 2. The minimum absolute atomic E-state index is 0. The van der Waals surface area contributed by atoms with Crippen LogP contribution in [0.5, 0.6) is 0 Å². The van der Waals surface area contributed by atoms with Crippen molar-refractivity contribution in [2.45, 2.75) is 65.2 Å². The summed E-state index contributed by atoms with van der Waals surface area (Å²) in [6.45, 7) is 4.71. The molecule has 0 aliphatic rings. The molecule has 0 atom stereocenters. The van der Waals surface area contributed by atoms with Crippen molar-refractivity contribution in [2.24, 2.45) is 0 Å². The van der Waals surface area contributed by atoms with Crippen molar-refractivity contribution >= 4 is 35.0 Å². The largest absolute Gasteiger partial charge is 1.00 e. The fraction of sp³-hybridized carbons (Fsp3) is 0.536. The van der Waals surface area contributed by atoms with Crippen LogP contribution in [0.4, 0.5) is 5.69 Å². The van der Waals surface area contributed by atoms with Crippen LogP contribution in [0, 0.1) is 0 Å². The number of amides is 3. The SMILES string of the molecule is CN/C(C)=C\C(=O)Cc1ccc([N-]C(=O)CC(=O)[N-]CCOCCCC(=O)NCCCCCC(C)=O)cc1.[HH].[Rb+].[Rb+]. The summed E-state index contributed by atoms with van der Waals surface area (Å²) < 4.78 is 5.38. The number of rotatable bonds is 20. The number of ketones is 2. The molecule has 1 rings (SSSR count). The number of allylic oxidation sites excluding steroid dienone is 2. The van der Waals surface area contributed by atoms with Crippen molar-refractivity contribution in [1.29, 1.82) is 0 Å². The monoisotopic (exact) mass is 700 g/mol. The van der Waals surface area contributed by atoms with Gasteiger partial charge in [0.15, 0.2) is 5.78 Å². The summed E-state index contributed by atoms with van der Waals surface area (Å²) in [6.07, 6.45) is 5.46. The van der Waals surface area contributed by atoms with Gasteiger partial charge < -0.3 is 40.4 Å². The first-order chi connectivity index (χ1) is 18.2. The number of unbranched alkanes of at least 4 members (excludes halogenated alkanes) is 2. The second kappa shape index (κ2) is 26.7. The van der Waals surface area contributed by atoms with Crippen molar-refractivity contribution in [3.8, 4) is 0 Å². The van der Waals surface area contributed by atoms with Gasteiger partial charge in [0.1, 0.15) is 5.78 Å². The molecule has 0 aliphatic heterocycles. The number of ether oxygens (including phenoxy) is 1. The molecule has 40 heavy (non-hydrogen) atoms. The van der Waals surface area contributed by atoms with E-state index in [1.54, 1.807) is 45.2 Å². The van der Waals surface area contributed by atoms with Gasteiger partial charge in [-0.1, -0.05) is 30.7 Å². The Morgan fingerprint density at radius 2 is 1.60 bits per heavy atom. The third-order valence-electron chi connectivity index (χ3n) is 5.39. The van der Waals surface area contributed by atoms with Crippen LogP contribution in [0.3, 0.4) is 0 Å². The molecular formula is C28H42N4O6Rb2. The van der Waals surface area contributed by atoms with E-state index in [1.807, 2.05) is 0 Å². The van der Waals surface area contributed by atoms with Gasteiger partial charge in [-0.15, -0.1) is 12.2 Å². The number of nitrogens with one attached hydrogen (secondary N) is 2. The molecular weight excluding hydrogens is 659 g/mol. The molecule has 12 heteroatoms. The molecule has 1 aromatic carbocycles. The molecule has 3 amide bonds. The Labute approximate surface area is 337 Å². The van der Waals surface area contributed by atoms with E-state index in [-0.39, 0.29) is 155 Å². The maximum absolute atomic E-state index is 12.0. The maximum atomic E-state index is 12.0. The molecule has 0 bridgehead atoms. The summed E-state index contributed by atoms with van der Waals surface area (Å²) in [5.74, 6) is -1.06. The van der Waals surface area contributed by atoms with Crippen LogP contribution in [0.15, 0.2) is 36.0 Å². The van der Waals surface area contributed by atoms with Gasteiger partial charge in [0.2, 0.25) is 5.91 Å². The molecule has 10 nitrogen and oxygen atoms in total. The molecule has 0 aliphatic carbocycles. The van der Waals surface area contributed by atoms with Gasteiger partial charge in [-0.3, -0.25) is 9.59 Å². The molecule has 1 aromatic rings. The number of nitrogens with zero attached hydrogens (tertiary/aromatic N) is 2. The second-order valence-electron chi connectivity index (χ2n) is 8.92. The van der Waals surface area contributed by atoms with Crippen LogP contribution in [-0.4, -0.2) is 62.6 Å². The third-order valence-corrected chi connectivity index (χ3v) is 5.39. The summed E-state index contributed by atoms with van der Waals surface area (Å²) >= 11 is 0. The minimum Gasteiger partial charge on any atom is -0.651 e. The summed E-state index contributed by atoms with van der Waals surface area (Å²) in [6, 6.07) is 6.69. The first kappa shape index (κ1) is 42.2. The Bertz CT molecular complexity index is 961. The molecule has 0 aromatic heterocycles. The first-order valence-corrected chi connectivity index (χ1v) is 13.0. The normalized spacial score (nSPS) is 10.4. The fourth-order valence-electron chi connectivity index (χ4n) is 3.29.